The van der Waals surface area contributed by atoms with Crippen molar-refractivity contribution in [3.63, 3.8) is 0 Å². The number of hydrogen-bond donors (Lipinski definition) is 1. The number of benzene rings is 1. The summed E-state index contributed by atoms with van der Waals surface area (Å²) in [7, 11) is 1.53. The fourth-order valence-electron chi connectivity index (χ4n) is 1.80. The fourth-order valence-corrected chi connectivity index (χ4v) is 1.80. The number of aromatic amines is 1. The Balaban J connectivity index is 2.51. The highest BCUT2D eigenvalue weighted by Gasteiger charge is 2.24. The normalized spacial score (nSPS) is 11.6. The van der Waals surface area contributed by atoms with Gasteiger partial charge in [-0.2, -0.15) is 0 Å². The SMILES string of the molecule is COc1[nH]c2ccccc2c1C(=O)OC(C)(C)C. The zero-order valence-electron chi connectivity index (χ0n) is 11.0. The number of nitrogens with one attached hydrogen (secondary N) is 1. The van der Waals surface area contributed by atoms with E-state index in [1.165, 1.54) is 7.11 Å². The molecule has 0 amide bonds. The minimum atomic E-state index is -0.527. The lowest BCUT2D eigenvalue weighted by atomic mass is 10.1. The van der Waals surface area contributed by atoms with Crippen LogP contribution in [0.5, 0.6) is 5.88 Å². The molecule has 0 unspecified atom stereocenters. The number of ether oxygens (including phenoxy) is 2. The molecule has 0 saturated carbocycles. The number of esters is 1. The number of methoxy groups -OCH3 is 1. The average molecular weight is 247 g/mol. The van der Waals surface area contributed by atoms with Gasteiger partial charge < -0.3 is 14.5 Å². The monoisotopic (exact) mass is 247 g/mol. The van der Waals surface area contributed by atoms with Crippen LogP contribution in [0, 0.1) is 0 Å². The van der Waals surface area contributed by atoms with Gasteiger partial charge in [0.05, 0.1) is 7.11 Å². The highest BCUT2D eigenvalue weighted by atomic mass is 16.6. The van der Waals surface area contributed by atoms with Gasteiger partial charge in [-0.1, -0.05) is 18.2 Å². The predicted molar refractivity (Wildman–Crippen MR) is 70.0 cm³/mol. The number of para-hydroxylation sites is 1. The second kappa shape index (κ2) is 4.37. The van der Waals surface area contributed by atoms with Crippen LogP contribution in [0.1, 0.15) is 31.1 Å². The zero-order valence-corrected chi connectivity index (χ0v) is 11.0. The summed E-state index contributed by atoms with van der Waals surface area (Å²) >= 11 is 0. The van der Waals surface area contributed by atoms with Crippen LogP contribution in [-0.2, 0) is 4.74 Å². The highest BCUT2D eigenvalue weighted by molar-refractivity contribution is 6.06. The quantitative estimate of drug-likeness (QED) is 0.829. The van der Waals surface area contributed by atoms with Crippen molar-refractivity contribution in [3.8, 4) is 5.88 Å². The second-order valence-corrected chi connectivity index (χ2v) is 5.08. The number of carbonyl (C=O) groups excluding carboxylic acids is 1. The smallest absolute Gasteiger partial charge is 0.344 e. The summed E-state index contributed by atoms with van der Waals surface area (Å²) in [6, 6.07) is 7.54. The Labute approximate surface area is 106 Å². The van der Waals surface area contributed by atoms with E-state index in [9.17, 15) is 4.79 Å². The van der Waals surface area contributed by atoms with Crippen molar-refractivity contribution < 1.29 is 14.3 Å². The Morgan fingerprint density at radius 2 is 1.89 bits per heavy atom. The number of rotatable bonds is 2. The van der Waals surface area contributed by atoms with Crippen molar-refractivity contribution >= 4 is 16.9 Å². The van der Waals surface area contributed by atoms with E-state index in [1.807, 2.05) is 45.0 Å². The largest absolute Gasteiger partial charge is 0.482 e. The van der Waals surface area contributed by atoms with E-state index in [1.54, 1.807) is 0 Å². The summed E-state index contributed by atoms with van der Waals surface area (Å²) < 4.78 is 10.6. The molecule has 0 radical (unpaired) electrons. The van der Waals surface area contributed by atoms with Crippen LogP contribution >= 0.6 is 0 Å². The highest BCUT2D eigenvalue weighted by Crippen LogP contribution is 2.29. The molecule has 0 bridgehead atoms. The van der Waals surface area contributed by atoms with Crippen LogP contribution in [0.2, 0.25) is 0 Å². The third-order valence-corrected chi connectivity index (χ3v) is 2.48. The van der Waals surface area contributed by atoms with Gasteiger partial charge in [0.15, 0.2) is 0 Å². The first-order valence-electron chi connectivity index (χ1n) is 5.80. The number of fused-ring (bicyclic) bond motifs is 1. The van der Waals surface area contributed by atoms with Crippen LogP contribution in [-0.4, -0.2) is 23.7 Å². The lowest BCUT2D eigenvalue weighted by molar-refractivity contribution is 0.00689. The van der Waals surface area contributed by atoms with E-state index >= 15 is 0 Å². The summed E-state index contributed by atoms with van der Waals surface area (Å²) in [5.74, 6) is 0.0576. The van der Waals surface area contributed by atoms with Crippen molar-refractivity contribution in [3.05, 3.63) is 29.8 Å². The summed E-state index contributed by atoms with van der Waals surface area (Å²) in [5, 5.41) is 0.809. The van der Waals surface area contributed by atoms with Gasteiger partial charge in [0.1, 0.15) is 11.2 Å². The van der Waals surface area contributed by atoms with E-state index < -0.39 is 5.60 Å². The Morgan fingerprint density at radius 3 is 2.50 bits per heavy atom. The van der Waals surface area contributed by atoms with Gasteiger partial charge in [-0.25, -0.2) is 4.79 Å². The first-order valence-corrected chi connectivity index (χ1v) is 5.80. The van der Waals surface area contributed by atoms with Crippen LogP contribution in [0.3, 0.4) is 0 Å². The van der Waals surface area contributed by atoms with Gasteiger partial charge >= 0.3 is 5.97 Å². The lowest BCUT2D eigenvalue weighted by Crippen LogP contribution is -2.24. The molecule has 0 aliphatic carbocycles. The topological polar surface area (TPSA) is 51.3 Å². The standard InChI is InChI=1S/C14H17NO3/c1-14(2,3)18-13(16)11-9-7-5-6-8-10(9)15-12(11)17-4/h5-8,15H,1-4H3. The molecule has 4 heteroatoms. The zero-order chi connectivity index (χ0) is 13.3. The molecule has 2 rings (SSSR count). The Kier molecular flexibility index (Phi) is 3.03. The Bertz CT molecular complexity index is 578. The molecule has 18 heavy (non-hydrogen) atoms. The van der Waals surface area contributed by atoms with Gasteiger partial charge in [-0.05, 0) is 26.8 Å². The molecular weight excluding hydrogens is 230 g/mol. The molecule has 1 heterocycles. The number of aromatic nitrogens is 1. The molecule has 0 aliphatic heterocycles. The lowest BCUT2D eigenvalue weighted by Gasteiger charge is -2.19. The Hall–Kier alpha value is -1.97. The molecule has 0 fully saturated rings. The van der Waals surface area contributed by atoms with Gasteiger partial charge in [0, 0.05) is 10.9 Å². The number of H-pyrrole nitrogens is 1. The van der Waals surface area contributed by atoms with Crippen LogP contribution in [0.15, 0.2) is 24.3 Å². The summed E-state index contributed by atoms with van der Waals surface area (Å²) in [6.45, 7) is 5.52. The third-order valence-electron chi connectivity index (χ3n) is 2.48. The first kappa shape index (κ1) is 12.5. The molecular formula is C14H17NO3. The van der Waals surface area contributed by atoms with E-state index in [0.717, 1.165) is 10.9 Å². The molecule has 1 aromatic heterocycles. The van der Waals surface area contributed by atoms with Crippen molar-refractivity contribution in [1.82, 2.24) is 4.98 Å². The second-order valence-electron chi connectivity index (χ2n) is 5.08. The molecule has 0 spiro atoms. The maximum atomic E-state index is 12.2. The van der Waals surface area contributed by atoms with E-state index in [0.29, 0.717) is 11.4 Å². The van der Waals surface area contributed by atoms with E-state index in [2.05, 4.69) is 4.98 Å². The molecule has 96 valence electrons. The van der Waals surface area contributed by atoms with Gasteiger partial charge in [0.25, 0.3) is 0 Å². The molecule has 0 aliphatic rings. The number of hydrogen-bond acceptors (Lipinski definition) is 3. The minimum absolute atomic E-state index is 0.378. The Morgan fingerprint density at radius 1 is 1.22 bits per heavy atom. The average Bonchev–Trinajstić information content (AvgIpc) is 2.64. The van der Waals surface area contributed by atoms with E-state index in [-0.39, 0.29) is 5.97 Å². The summed E-state index contributed by atoms with van der Waals surface area (Å²) in [5.41, 5.74) is 0.777. The minimum Gasteiger partial charge on any atom is -0.482 e. The molecule has 4 nitrogen and oxygen atoms in total. The third kappa shape index (κ3) is 2.32. The van der Waals surface area contributed by atoms with Crippen LogP contribution < -0.4 is 4.74 Å². The fraction of sp³-hybridized carbons (Fsp3) is 0.357. The van der Waals surface area contributed by atoms with Crippen molar-refractivity contribution in [2.75, 3.05) is 7.11 Å². The first-order chi connectivity index (χ1) is 8.42. The van der Waals surface area contributed by atoms with E-state index in [4.69, 9.17) is 9.47 Å². The molecule has 1 aromatic carbocycles. The summed E-state index contributed by atoms with van der Waals surface area (Å²) in [6.07, 6.45) is 0. The molecule has 1 N–H and O–H groups in total. The van der Waals surface area contributed by atoms with Crippen molar-refractivity contribution in [2.24, 2.45) is 0 Å². The molecule has 2 aromatic rings. The van der Waals surface area contributed by atoms with Gasteiger partial charge in [-0.15, -0.1) is 0 Å². The van der Waals surface area contributed by atoms with Gasteiger partial charge in [-0.3, -0.25) is 0 Å². The summed E-state index contributed by atoms with van der Waals surface area (Å²) in [4.78, 5) is 15.3. The maximum Gasteiger partial charge on any atom is 0.344 e. The number of carbonyl (C=O) groups is 1. The van der Waals surface area contributed by atoms with Gasteiger partial charge in [0.2, 0.25) is 5.88 Å². The maximum absolute atomic E-state index is 12.2. The van der Waals surface area contributed by atoms with Crippen molar-refractivity contribution in [2.45, 2.75) is 26.4 Å². The van der Waals surface area contributed by atoms with Crippen LogP contribution in [0.4, 0.5) is 0 Å². The van der Waals surface area contributed by atoms with Crippen molar-refractivity contribution in [1.29, 1.82) is 0 Å². The molecule has 0 saturated heterocycles. The van der Waals surface area contributed by atoms with Crippen LogP contribution in [0.25, 0.3) is 10.9 Å². The molecule has 0 atom stereocenters. The predicted octanol–water partition coefficient (Wildman–Crippen LogP) is 3.13.